The van der Waals surface area contributed by atoms with Crippen molar-refractivity contribution in [2.75, 3.05) is 19.6 Å². The Labute approximate surface area is 247 Å². The quantitative estimate of drug-likeness (QED) is 0.440. The predicted molar refractivity (Wildman–Crippen MR) is 161 cm³/mol. The fourth-order valence-corrected chi connectivity index (χ4v) is 10.5. The van der Waals surface area contributed by atoms with Crippen molar-refractivity contribution < 1.29 is 14.7 Å². The van der Waals surface area contributed by atoms with E-state index < -0.39 is 0 Å². The van der Waals surface area contributed by atoms with Gasteiger partial charge in [-0.2, -0.15) is 0 Å². The number of nitrogens with zero attached hydrogens (tertiary/aromatic N) is 3. The summed E-state index contributed by atoms with van der Waals surface area (Å²) in [5, 5.41) is 10.3. The Balaban J connectivity index is 1.04. The van der Waals surface area contributed by atoms with Crippen molar-refractivity contribution in [2.45, 2.75) is 104 Å². The number of piperazine rings is 1. The Kier molecular flexibility index (Phi) is 7.84. The minimum Gasteiger partial charge on any atom is -0.393 e. The summed E-state index contributed by atoms with van der Waals surface area (Å²) in [6.45, 7) is 11.4. The van der Waals surface area contributed by atoms with Gasteiger partial charge in [0.15, 0.2) is 0 Å². The van der Waals surface area contributed by atoms with Crippen LogP contribution in [-0.2, 0) is 4.79 Å². The summed E-state index contributed by atoms with van der Waals surface area (Å²) in [5.74, 6) is 3.87. The second-order valence-corrected chi connectivity index (χ2v) is 14.8. The molecule has 1 aromatic rings. The monoisotopic (exact) mass is 561 g/mol. The number of aliphatic hydroxyl groups excluding tert-OH is 1. The SMILES string of the molecule is CC(CCC(=O)N1CCN(C(=O)c2ccncc2)C(C)C1)[C@H]1CC[C@H]2[C@@H]3CC=C4C[C@@H](O)CC[C@]4(C)[C@H]3CC[C@]12C. The number of aromatic nitrogens is 1. The zero-order valence-corrected chi connectivity index (χ0v) is 25.7. The molecule has 41 heavy (non-hydrogen) atoms. The Morgan fingerprint density at radius 1 is 1.07 bits per heavy atom. The average molecular weight is 562 g/mol. The Hall–Kier alpha value is -2.21. The summed E-state index contributed by atoms with van der Waals surface area (Å²) in [7, 11) is 0. The molecule has 1 aliphatic heterocycles. The second-order valence-electron chi connectivity index (χ2n) is 14.8. The molecule has 1 aromatic heterocycles. The maximum atomic E-state index is 13.3. The van der Waals surface area contributed by atoms with Crippen LogP contribution in [0.3, 0.4) is 0 Å². The fraction of sp³-hybridized carbons (Fsp3) is 0.743. The minimum absolute atomic E-state index is 0.00909. The number of amides is 2. The summed E-state index contributed by atoms with van der Waals surface area (Å²) < 4.78 is 0. The molecule has 4 aliphatic carbocycles. The smallest absolute Gasteiger partial charge is 0.254 e. The first kappa shape index (κ1) is 28.9. The van der Waals surface area contributed by atoms with Crippen molar-refractivity contribution >= 4 is 11.8 Å². The van der Waals surface area contributed by atoms with Gasteiger partial charge in [0.05, 0.1) is 6.10 Å². The molecule has 2 amide bonds. The minimum atomic E-state index is -0.138. The number of allylic oxidation sites excluding steroid dienone is 1. The van der Waals surface area contributed by atoms with Crippen molar-refractivity contribution in [1.29, 1.82) is 0 Å². The van der Waals surface area contributed by atoms with Crippen LogP contribution >= 0.6 is 0 Å². The molecule has 6 heteroatoms. The van der Waals surface area contributed by atoms with Crippen LogP contribution in [0.25, 0.3) is 0 Å². The standard InChI is InChI=1S/C35H51N3O3/c1-23(5-10-32(40)37-19-20-38(24(2)22-37)33(41)25-13-17-36-18-14-25)29-8-9-30-28-7-6-26-21-27(39)11-15-34(26,3)31(28)12-16-35(29,30)4/h6,13-14,17-18,23-24,27-31,39H,5,7-12,15-16,19-22H2,1-4H3/t23?,24?,27-,28-,29+,30-,31-,34-,35+/m0/s1. The highest BCUT2D eigenvalue weighted by molar-refractivity contribution is 5.94. The normalized spacial score (nSPS) is 39.3. The molecule has 1 saturated heterocycles. The molecule has 0 aromatic carbocycles. The van der Waals surface area contributed by atoms with E-state index in [1.165, 1.54) is 32.1 Å². The van der Waals surface area contributed by atoms with Crippen LogP contribution < -0.4 is 0 Å². The lowest BCUT2D eigenvalue weighted by molar-refractivity contribution is -0.134. The first-order chi connectivity index (χ1) is 19.6. The van der Waals surface area contributed by atoms with Crippen molar-refractivity contribution in [3.63, 3.8) is 0 Å². The van der Waals surface area contributed by atoms with Gasteiger partial charge in [-0.1, -0.05) is 32.4 Å². The van der Waals surface area contributed by atoms with Gasteiger partial charge in [0, 0.05) is 50.1 Å². The maximum absolute atomic E-state index is 13.3. The molecule has 2 unspecified atom stereocenters. The molecule has 0 radical (unpaired) electrons. The molecular formula is C35H51N3O3. The van der Waals surface area contributed by atoms with Gasteiger partial charge in [-0.3, -0.25) is 14.6 Å². The van der Waals surface area contributed by atoms with E-state index in [4.69, 9.17) is 0 Å². The molecule has 1 N–H and O–H groups in total. The Morgan fingerprint density at radius 2 is 1.85 bits per heavy atom. The highest BCUT2D eigenvalue weighted by Gasteiger charge is 2.59. The highest BCUT2D eigenvalue weighted by atomic mass is 16.3. The highest BCUT2D eigenvalue weighted by Crippen LogP contribution is 2.67. The van der Waals surface area contributed by atoms with Gasteiger partial charge in [0.1, 0.15) is 0 Å². The van der Waals surface area contributed by atoms with Crippen LogP contribution in [0.4, 0.5) is 0 Å². The van der Waals surface area contributed by atoms with Crippen molar-refractivity contribution in [1.82, 2.24) is 14.8 Å². The van der Waals surface area contributed by atoms with Gasteiger partial charge < -0.3 is 14.9 Å². The largest absolute Gasteiger partial charge is 0.393 e. The van der Waals surface area contributed by atoms with Crippen LogP contribution in [0.1, 0.15) is 102 Å². The van der Waals surface area contributed by atoms with Crippen molar-refractivity contribution in [3.8, 4) is 0 Å². The van der Waals surface area contributed by atoms with Gasteiger partial charge in [-0.05, 0) is 117 Å². The molecule has 2 heterocycles. The first-order valence-electron chi connectivity index (χ1n) is 16.5. The van der Waals surface area contributed by atoms with E-state index in [2.05, 4.69) is 38.8 Å². The number of hydrogen-bond acceptors (Lipinski definition) is 4. The molecule has 6 rings (SSSR count). The van der Waals surface area contributed by atoms with Crippen LogP contribution in [0.2, 0.25) is 0 Å². The number of aliphatic hydroxyl groups is 1. The number of carbonyl (C=O) groups is 2. The van der Waals surface area contributed by atoms with E-state index in [1.807, 2.05) is 9.80 Å². The molecular weight excluding hydrogens is 510 g/mol. The molecule has 224 valence electrons. The summed E-state index contributed by atoms with van der Waals surface area (Å²) in [4.78, 5) is 34.2. The molecule has 5 aliphatic rings. The molecule has 0 bridgehead atoms. The Morgan fingerprint density at radius 3 is 2.61 bits per heavy atom. The number of pyridine rings is 1. The van der Waals surface area contributed by atoms with Gasteiger partial charge in [-0.25, -0.2) is 0 Å². The lowest BCUT2D eigenvalue weighted by Gasteiger charge is -2.58. The molecule has 0 spiro atoms. The van der Waals surface area contributed by atoms with E-state index in [1.54, 1.807) is 30.1 Å². The van der Waals surface area contributed by atoms with Crippen LogP contribution in [0, 0.1) is 40.4 Å². The van der Waals surface area contributed by atoms with E-state index in [0.717, 1.165) is 43.4 Å². The lowest BCUT2D eigenvalue weighted by Crippen LogP contribution is -2.55. The van der Waals surface area contributed by atoms with E-state index in [0.29, 0.717) is 54.3 Å². The number of fused-ring (bicyclic) bond motifs is 5. The summed E-state index contributed by atoms with van der Waals surface area (Å²) in [6.07, 6.45) is 16.8. The second kappa shape index (κ2) is 11.1. The van der Waals surface area contributed by atoms with Gasteiger partial charge in [0.2, 0.25) is 5.91 Å². The zero-order valence-electron chi connectivity index (χ0n) is 25.7. The average Bonchev–Trinajstić information content (AvgIpc) is 3.33. The maximum Gasteiger partial charge on any atom is 0.254 e. The third-order valence-electron chi connectivity index (χ3n) is 12.8. The van der Waals surface area contributed by atoms with E-state index in [9.17, 15) is 14.7 Å². The number of hydrogen-bond donors (Lipinski definition) is 1. The van der Waals surface area contributed by atoms with Gasteiger partial charge in [-0.15, -0.1) is 0 Å². The molecule has 9 atom stereocenters. The topological polar surface area (TPSA) is 73.7 Å². The number of rotatable bonds is 5. The fourth-order valence-electron chi connectivity index (χ4n) is 10.5. The van der Waals surface area contributed by atoms with Crippen molar-refractivity contribution in [3.05, 3.63) is 41.7 Å². The predicted octanol–water partition coefficient (Wildman–Crippen LogP) is 6.11. The molecule has 6 nitrogen and oxygen atoms in total. The zero-order chi connectivity index (χ0) is 28.9. The van der Waals surface area contributed by atoms with Crippen molar-refractivity contribution in [2.24, 2.45) is 40.4 Å². The summed E-state index contributed by atoms with van der Waals surface area (Å²) in [5.41, 5.74) is 2.89. The molecule has 4 fully saturated rings. The first-order valence-corrected chi connectivity index (χ1v) is 16.5. The van der Waals surface area contributed by atoms with Crippen LogP contribution in [0.15, 0.2) is 36.2 Å². The van der Waals surface area contributed by atoms with Gasteiger partial charge >= 0.3 is 0 Å². The molecule has 3 saturated carbocycles. The van der Waals surface area contributed by atoms with E-state index in [-0.39, 0.29) is 24.0 Å². The third kappa shape index (κ3) is 5.06. The van der Waals surface area contributed by atoms with Gasteiger partial charge in [0.25, 0.3) is 5.91 Å². The van der Waals surface area contributed by atoms with Crippen LogP contribution in [0.5, 0.6) is 0 Å². The van der Waals surface area contributed by atoms with Crippen LogP contribution in [-0.4, -0.2) is 63.5 Å². The van der Waals surface area contributed by atoms with E-state index >= 15 is 0 Å². The summed E-state index contributed by atoms with van der Waals surface area (Å²) in [6, 6.07) is 3.53. The number of carbonyl (C=O) groups excluding carboxylic acids is 2. The lowest BCUT2D eigenvalue weighted by atomic mass is 9.47. The third-order valence-corrected chi connectivity index (χ3v) is 12.8. The Bertz CT molecular complexity index is 1170. The summed E-state index contributed by atoms with van der Waals surface area (Å²) >= 11 is 0.